The number of amides is 3. The summed E-state index contributed by atoms with van der Waals surface area (Å²) in [5.74, 6) is -13.2. The predicted octanol–water partition coefficient (Wildman–Crippen LogP) is 5.01. The molecule has 3 aromatic carbocycles. The summed E-state index contributed by atoms with van der Waals surface area (Å²) in [7, 11) is -9.54. The molecule has 74 heavy (non-hydrogen) atoms. The number of ether oxygens (including phenoxy) is 5. The number of carbonyl (C=O) groups is 4. The first-order chi connectivity index (χ1) is 35.3. The number of sulfonamides is 1. The van der Waals surface area contributed by atoms with Crippen molar-refractivity contribution in [2.75, 3.05) is 78.9 Å². The van der Waals surface area contributed by atoms with Crippen LogP contribution in [0.3, 0.4) is 0 Å². The molecule has 0 radical (unpaired) electrons. The molecule has 1 saturated heterocycles. The largest absolute Gasteiger partial charge is 0.446 e. The highest BCUT2D eigenvalue weighted by atomic mass is 32.2. The van der Waals surface area contributed by atoms with Crippen molar-refractivity contribution in [1.82, 2.24) is 19.8 Å². The molecule has 2 fully saturated rings. The third kappa shape index (κ3) is 15.5. The predicted molar refractivity (Wildman–Crippen MR) is 258 cm³/mol. The Hall–Kier alpha value is -6.03. The molecule has 3 amide bonds. The number of hydrogen-bond donors (Lipinski definition) is 4. The lowest BCUT2D eigenvalue weighted by Crippen LogP contribution is -2.53. The van der Waals surface area contributed by atoms with Crippen molar-refractivity contribution in [3.63, 3.8) is 0 Å². The van der Waals surface area contributed by atoms with Crippen molar-refractivity contribution in [2.24, 2.45) is 16.6 Å². The SMILES string of the molecule is CCCN(CCCNC(=O)OC1CCC1)C(=O)C1=Cc2ccc(-c3cccc(S(=O)(=O)N4CC(CNC(=O)CCOCCOCCOCCC(=O)Oc5c(F)c(F)c(S(=O)(=O)O)c(F)c5F)C4)c3)cc2N=C(N)C1. The van der Waals surface area contributed by atoms with Gasteiger partial charge in [-0.1, -0.05) is 31.2 Å². The fourth-order valence-electron chi connectivity index (χ4n) is 7.75. The number of nitrogens with one attached hydrogen (secondary N) is 2. The van der Waals surface area contributed by atoms with Crippen molar-refractivity contribution < 1.29 is 81.8 Å². The molecule has 2 aliphatic heterocycles. The summed E-state index contributed by atoms with van der Waals surface area (Å²) in [6.45, 7) is 3.89. The van der Waals surface area contributed by atoms with Gasteiger partial charge in [-0.15, -0.1) is 0 Å². The third-order valence-corrected chi connectivity index (χ3v) is 14.6. The molecule has 26 heteroatoms. The quantitative estimate of drug-likeness (QED) is 0.0195. The van der Waals surface area contributed by atoms with Gasteiger partial charge in [-0.25, -0.2) is 27.0 Å². The van der Waals surface area contributed by atoms with Crippen molar-refractivity contribution in [1.29, 1.82) is 0 Å². The monoisotopic (exact) mass is 1080 g/mol. The smallest absolute Gasteiger partial charge is 0.407 e. The minimum absolute atomic E-state index is 0.0146. The molecular formula is C48H58F4N6O14S2. The second kappa shape index (κ2) is 26.5. The topological polar surface area (TPSA) is 272 Å². The minimum Gasteiger partial charge on any atom is -0.446 e. The summed E-state index contributed by atoms with van der Waals surface area (Å²) in [6, 6.07) is 12.0. The van der Waals surface area contributed by atoms with Gasteiger partial charge in [-0.2, -0.15) is 21.5 Å². The zero-order valence-corrected chi connectivity index (χ0v) is 42.1. The maximum atomic E-state index is 14.1. The number of fused-ring (bicyclic) bond motifs is 1. The van der Waals surface area contributed by atoms with Gasteiger partial charge in [-0.05, 0) is 67.5 Å². The van der Waals surface area contributed by atoms with E-state index < -0.39 is 72.5 Å². The van der Waals surface area contributed by atoms with Crippen LogP contribution in [0.25, 0.3) is 17.2 Å². The molecule has 2 heterocycles. The van der Waals surface area contributed by atoms with E-state index in [2.05, 4.69) is 20.4 Å². The first-order valence-electron chi connectivity index (χ1n) is 23.8. The van der Waals surface area contributed by atoms with E-state index in [-0.39, 0.29) is 107 Å². The lowest BCUT2D eigenvalue weighted by atomic mass is 9.96. The zero-order valence-electron chi connectivity index (χ0n) is 40.4. The van der Waals surface area contributed by atoms with E-state index in [0.717, 1.165) is 25.7 Å². The van der Waals surface area contributed by atoms with E-state index in [4.69, 9.17) is 29.2 Å². The van der Waals surface area contributed by atoms with Crippen LogP contribution in [0, 0.1) is 29.2 Å². The lowest BCUT2D eigenvalue weighted by Gasteiger charge is -2.38. The van der Waals surface area contributed by atoms with Gasteiger partial charge in [0.1, 0.15) is 11.9 Å². The molecule has 1 aliphatic carbocycles. The third-order valence-electron chi connectivity index (χ3n) is 11.9. The van der Waals surface area contributed by atoms with Crippen LogP contribution in [0.1, 0.15) is 63.9 Å². The van der Waals surface area contributed by atoms with E-state index in [9.17, 15) is 53.6 Å². The second-order valence-electron chi connectivity index (χ2n) is 17.5. The number of rotatable bonds is 27. The summed E-state index contributed by atoms with van der Waals surface area (Å²) >= 11 is 0. The average Bonchev–Trinajstić information content (AvgIpc) is 3.50. The van der Waals surface area contributed by atoms with E-state index >= 15 is 0 Å². The standard InChI is InChI=1S/C48H58F4N6O14S2/c1-2-15-57(16-5-14-54-48(62)71-35-7-4-8-35)47(61)34-23-33-11-10-32(25-37(33)56-38(53)26-34)31-6-3-9-36(24-31)73(63,64)58-28-30(29-58)27-55-39(59)12-17-68-19-21-70-22-20-69-18-13-40(60)72-45-41(49)43(51)46(74(65,66)67)44(52)42(45)50/h3,6,9-11,23-25,30,35H,2,4-5,7-8,12-22,26-29H2,1H3,(H2,53,56)(H,54,62)(H,55,59)(H,65,66,67). The first kappa shape index (κ1) is 57.3. The van der Waals surface area contributed by atoms with Gasteiger partial charge in [0.05, 0.1) is 56.6 Å². The van der Waals surface area contributed by atoms with E-state index in [1.807, 2.05) is 19.1 Å². The number of hydrogen-bond acceptors (Lipinski definition) is 15. The van der Waals surface area contributed by atoms with Crippen LogP contribution in [0.2, 0.25) is 0 Å². The summed E-state index contributed by atoms with van der Waals surface area (Å²) in [6.07, 6.45) is 4.98. The number of halogens is 4. The number of nitrogens with zero attached hydrogens (tertiary/aromatic N) is 3. The number of amidine groups is 1. The number of esters is 1. The molecular weight excluding hydrogens is 1020 g/mol. The first-order valence-corrected chi connectivity index (χ1v) is 26.7. The Morgan fingerprint density at radius 1 is 0.838 bits per heavy atom. The number of carbonyl (C=O) groups excluding carboxylic acids is 4. The van der Waals surface area contributed by atoms with Crippen LogP contribution in [0.4, 0.5) is 28.0 Å². The average molecular weight is 1080 g/mol. The summed E-state index contributed by atoms with van der Waals surface area (Å²) in [5, 5.41) is 5.55. The van der Waals surface area contributed by atoms with Crippen LogP contribution in [-0.2, 0) is 53.5 Å². The Morgan fingerprint density at radius 3 is 2.12 bits per heavy atom. The maximum absolute atomic E-state index is 14.1. The molecule has 6 rings (SSSR count). The Labute approximate surface area is 425 Å². The fourth-order valence-corrected chi connectivity index (χ4v) is 10.0. The highest BCUT2D eigenvalue weighted by Crippen LogP contribution is 2.35. The molecule has 3 aliphatic rings. The van der Waals surface area contributed by atoms with Gasteiger partial charge >= 0.3 is 22.2 Å². The zero-order chi connectivity index (χ0) is 53.6. The fraction of sp³-hybridized carbons (Fsp3) is 0.479. The molecule has 0 unspecified atom stereocenters. The highest BCUT2D eigenvalue weighted by molar-refractivity contribution is 7.89. The molecule has 0 atom stereocenters. The number of nitrogens with two attached hydrogens (primary N) is 1. The Balaban J connectivity index is 0.858. The molecule has 1 saturated carbocycles. The Bertz CT molecular complexity index is 2800. The molecule has 5 N–H and O–H groups in total. The van der Waals surface area contributed by atoms with Gasteiger partial charge in [-0.3, -0.25) is 18.9 Å². The lowest BCUT2D eigenvalue weighted by molar-refractivity contribution is -0.136. The van der Waals surface area contributed by atoms with Gasteiger partial charge in [0.15, 0.2) is 16.5 Å². The Kier molecular flexibility index (Phi) is 20.5. The number of aliphatic imine (C=N–C) groups is 1. The van der Waals surface area contributed by atoms with E-state index in [1.165, 1.54) is 10.4 Å². The van der Waals surface area contributed by atoms with Crippen LogP contribution in [0.15, 0.2) is 62.8 Å². The highest BCUT2D eigenvalue weighted by Gasteiger charge is 2.37. The molecule has 0 spiro atoms. The van der Waals surface area contributed by atoms with Crippen LogP contribution >= 0.6 is 0 Å². The van der Waals surface area contributed by atoms with Crippen molar-refractivity contribution in [3.05, 3.63) is 76.9 Å². The number of alkyl carbamates (subject to hydrolysis) is 1. The maximum Gasteiger partial charge on any atom is 0.407 e. The molecule has 3 aromatic rings. The van der Waals surface area contributed by atoms with Gasteiger partial charge in [0, 0.05) is 69.2 Å². The normalized spacial score (nSPS) is 15.2. The van der Waals surface area contributed by atoms with E-state index in [0.29, 0.717) is 54.0 Å². The molecule has 0 aromatic heterocycles. The van der Waals surface area contributed by atoms with Gasteiger partial charge in [0.25, 0.3) is 0 Å². The molecule has 404 valence electrons. The molecule has 0 bridgehead atoms. The molecule has 20 nitrogen and oxygen atoms in total. The van der Waals surface area contributed by atoms with Gasteiger partial charge < -0.3 is 45.0 Å². The van der Waals surface area contributed by atoms with Gasteiger partial charge in [0.2, 0.25) is 39.2 Å². The minimum atomic E-state index is -5.68. The summed E-state index contributed by atoms with van der Waals surface area (Å²) in [5.41, 5.74) is 9.35. The van der Waals surface area contributed by atoms with E-state index in [1.54, 1.807) is 35.2 Å². The van der Waals surface area contributed by atoms with Crippen molar-refractivity contribution in [3.8, 4) is 16.9 Å². The summed E-state index contributed by atoms with van der Waals surface area (Å²) < 4.78 is 141. The van der Waals surface area contributed by atoms with Crippen molar-refractivity contribution in [2.45, 2.75) is 74.2 Å². The summed E-state index contributed by atoms with van der Waals surface area (Å²) in [4.78, 5) is 54.3. The Morgan fingerprint density at radius 2 is 1.49 bits per heavy atom. The second-order valence-corrected chi connectivity index (χ2v) is 20.8. The van der Waals surface area contributed by atoms with Crippen LogP contribution < -0.4 is 21.1 Å². The number of benzene rings is 3. The van der Waals surface area contributed by atoms with Crippen LogP contribution in [-0.4, -0.2) is 145 Å². The van der Waals surface area contributed by atoms with Crippen molar-refractivity contribution >= 4 is 61.6 Å². The van der Waals surface area contributed by atoms with Crippen LogP contribution in [0.5, 0.6) is 5.75 Å².